The summed E-state index contributed by atoms with van der Waals surface area (Å²) in [7, 11) is -3.60. The number of imidazole rings is 1. The molecular formula is C17H20ClN3O3S. The number of aromatic nitrogens is 2. The first-order chi connectivity index (χ1) is 11.9. The molecule has 0 radical (unpaired) electrons. The topological polar surface area (TPSA) is 73.2 Å². The molecule has 0 unspecified atom stereocenters. The molecule has 1 N–H and O–H groups in total. The summed E-state index contributed by atoms with van der Waals surface area (Å²) in [5.41, 5.74) is 0.847. The summed E-state index contributed by atoms with van der Waals surface area (Å²) in [6.07, 6.45) is 6.16. The quantitative estimate of drug-likeness (QED) is 0.882. The summed E-state index contributed by atoms with van der Waals surface area (Å²) >= 11 is 6.21. The first-order valence-electron chi connectivity index (χ1n) is 8.41. The smallest absolute Gasteiger partial charge is 0.240 e. The minimum atomic E-state index is -3.60. The highest BCUT2D eigenvalue weighted by molar-refractivity contribution is 7.89. The van der Waals surface area contributed by atoms with Crippen LogP contribution in [0.25, 0.3) is 0 Å². The van der Waals surface area contributed by atoms with E-state index in [1.807, 2.05) is 13.1 Å². The Morgan fingerprint density at radius 1 is 1.40 bits per heavy atom. The summed E-state index contributed by atoms with van der Waals surface area (Å²) < 4.78 is 35.8. The number of ether oxygens (including phenoxy) is 1. The van der Waals surface area contributed by atoms with Crippen molar-refractivity contribution >= 4 is 21.6 Å². The highest BCUT2D eigenvalue weighted by Gasteiger charge is 2.27. The number of nitrogens with one attached hydrogen (secondary N) is 1. The number of benzene rings is 1. The van der Waals surface area contributed by atoms with Crippen LogP contribution in [0.4, 0.5) is 0 Å². The highest BCUT2D eigenvalue weighted by Crippen LogP contribution is 2.38. The second-order valence-corrected chi connectivity index (χ2v) is 8.95. The Labute approximate surface area is 152 Å². The maximum absolute atomic E-state index is 12.7. The van der Waals surface area contributed by atoms with Crippen LogP contribution in [-0.2, 0) is 29.4 Å². The van der Waals surface area contributed by atoms with Crippen molar-refractivity contribution in [2.45, 2.75) is 43.7 Å². The van der Waals surface area contributed by atoms with Gasteiger partial charge >= 0.3 is 0 Å². The average Bonchev–Trinajstić information content (AvgIpc) is 3.18. The molecule has 0 saturated heterocycles. The van der Waals surface area contributed by atoms with Gasteiger partial charge in [-0.1, -0.05) is 11.6 Å². The van der Waals surface area contributed by atoms with Crippen molar-refractivity contribution in [3.05, 3.63) is 40.9 Å². The zero-order chi connectivity index (χ0) is 17.6. The van der Waals surface area contributed by atoms with Crippen molar-refractivity contribution in [2.75, 3.05) is 6.54 Å². The van der Waals surface area contributed by atoms with Gasteiger partial charge < -0.3 is 9.30 Å². The average molecular weight is 382 g/mol. The van der Waals surface area contributed by atoms with Gasteiger partial charge in [0.25, 0.3) is 0 Å². The van der Waals surface area contributed by atoms with E-state index < -0.39 is 10.0 Å². The van der Waals surface area contributed by atoms with E-state index >= 15 is 0 Å². The molecule has 134 valence electrons. The van der Waals surface area contributed by atoms with E-state index in [2.05, 4.69) is 14.3 Å². The fourth-order valence-corrected chi connectivity index (χ4v) is 5.06. The largest absolute Gasteiger partial charge is 0.489 e. The zero-order valence-electron chi connectivity index (χ0n) is 13.9. The Hall–Kier alpha value is -1.57. The van der Waals surface area contributed by atoms with Crippen LogP contribution in [0.15, 0.2) is 29.4 Å². The Balaban J connectivity index is 1.48. The van der Waals surface area contributed by atoms with Crippen LogP contribution in [0.3, 0.4) is 0 Å². The molecule has 0 fully saturated rings. The van der Waals surface area contributed by atoms with Crippen LogP contribution >= 0.6 is 11.6 Å². The number of nitrogens with zero attached hydrogens (tertiary/aromatic N) is 2. The molecule has 25 heavy (non-hydrogen) atoms. The number of sulfonamides is 1. The molecule has 2 aliphatic heterocycles. The number of halogens is 1. The van der Waals surface area contributed by atoms with Gasteiger partial charge in [0.2, 0.25) is 10.0 Å². The molecule has 0 amide bonds. The van der Waals surface area contributed by atoms with E-state index in [1.54, 1.807) is 12.3 Å². The molecule has 2 atom stereocenters. The summed E-state index contributed by atoms with van der Waals surface area (Å²) in [4.78, 5) is 4.52. The molecule has 0 saturated carbocycles. The Kier molecular flexibility index (Phi) is 4.25. The molecule has 3 heterocycles. The van der Waals surface area contributed by atoms with E-state index in [1.165, 1.54) is 6.07 Å². The fraction of sp³-hybridized carbons (Fsp3) is 0.471. The van der Waals surface area contributed by atoms with Crippen molar-refractivity contribution in [1.29, 1.82) is 0 Å². The van der Waals surface area contributed by atoms with Crippen molar-refractivity contribution < 1.29 is 13.2 Å². The predicted molar refractivity (Wildman–Crippen MR) is 94.5 cm³/mol. The minimum absolute atomic E-state index is 0.0180. The van der Waals surface area contributed by atoms with Gasteiger partial charge in [-0.05, 0) is 31.4 Å². The lowest BCUT2D eigenvalue weighted by atomic mass is 9.98. The monoisotopic (exact) mass is 381 g/mol. The van der Waals surface area contributed by atoms with Crippen LogP contribution in [0, 0.1) is 5.92 Å². The van der Waals surface area contributed by atoms with Gasteiger partial charge in [-0.25, -0.2) is 18.1 Å². The lowest BCUT2D eigenvalue weighted by molar-refractivity contribution is 0.255. The summed E-state index contributed by atoms with van der Waals surface area (Å²) in [6, 6.07) is 3.13. The first-order valence-corrected chi connectivity index (χ1v) is 10.3. The number of fused-ring (bicyclic) bond motifs is 2. The lowest BCUT2D eigenvalue weighted by Crippen LogP contribution is -2.33. The molecule has 0 bridgehead atoms. The van der Waals surface area contributed by atoms with E-state index in [9.17, 15) is 8.42 Å². The van der Waals surface area contributed by atoms with Gasteiger partial charge in [0, 0.05) is 43.9 Å². The third-order valence-corrected chi connectivity index (χ3v) is 6.53. The van der Waals surface area contributed by atoms with Crippen LogP contribution in [0.5, 0.6) is 5.75 Å². The molecule has 8 heteroatoms. The Morgan fingerprint density at radius 3 is 3.08 bits per heavy atom. The molecule has 2 aliphatic rings. The zero-order valence-corrected chi connectivity index (χ0v) is 15.5. The van der Waals surface area contributed by atoms with E-state index in [0.29, 0.717) is 23.7 Å². The number of rotatable bonds is 4. The standard InChI is InChI=1S/C17H20ClN3O3S/c1-11-6-13-8-14(9-15(18)17(13)24-11)25(22,23)20-10-12-2-4-21-5-3-19-16(21)7-12/h3,5,8-9,11-12,20H,2,4,6-7,10H2,1H3/t11-,12-/m1/s1. The van der Waals surface area contributed by atoms with E-state index in [0.717, 1.165) is 30.8 Å². The molecule has 4 rings (SSSR count). The molecule has 2 aromatic rings. The molecule has 6 nitrogen and oxygen atoms in total. The normalized spacial score (nSPS) is 22.3. The number of aryl methyl sites for hydroxylation is 1. The van der Waals surface area contributed by atoms with Crippen LogP contribution in [0.2, 0.25) is 5.02 Å². The third-order valence-electron chi connectivity index (χ3n) is 4.84. The summed E-state index contributed by atoms with van der Waals surface area (Å²) in [6.45, 7) is 3.22. The van der Waals surface area contributed by atoms with E-state index in [4.69, 9.17) is 16.3 Å². The molecule has 1 aromatic heterocycles. The van der Waals surface area contributed by atoms with Crippen molar-refractivity contribution in [3.63, 3.8) is 0 Å². The van der Waals surface area contributed by atoms with Gasteiger partial charge in [0.1, 0.15) is 17.7 Å². The van der Waals surface area contributed by atoms with E-state index in [-0.39, 0.29) is 16.9 Å². The number of hydrogen-bond acceptors (Lipinski definition) is 4. The van der Waals surface area contributed by atoms with Gasteiger partial charge in [0.05, 0.1) is 9.92 Å². The minimum Gasteiger partial charge on any atom is -0.489 e. The second kappa shape index (κ2) is 6.30. The highest BCUT2D eigenvalue weighted by atomic mass is 35.5. The van der Waals surface area contributed by atoms with Gasteiger partial charge in [-0.3, -0.25) is 0 Å². The van der Waals surface area contributed by atoms with Crippen LogP contribution < -0.4 is 9.46 Å². The van der Waals surface area contributed by atoms with Gasteiger partial charge in [-0.2, -0.15) is 0 Å². The van der Waals surface area contributed by atoms with Crippen LogP contribution in [0.1, 0.15) is 24.7 Å². The SMILES string of the molecule is C[C@@H]1Cc2cc(S(=O)(=O)NC[C@@H]3CCn4ccnc4C3)cc(Cl)c2O1. The van der Waals surface area contributed by atoms with Crippen molar-refractivity contribution in [2.24, 2.45) is 5.92 Å². The first kappa shape index (κ1) is 16.9. The molecule has 0 aliphatic carbocycles. The molecule has 0 spiro atoms. The lowest BCUT2D eigenvalue weighted by Gasteiger charge is -2.23. The van der Waals surface area contributed by atoms with Crippen LogP contribution in [-0.4, -0.2) is 30.6 Å². The third kappa shape index (κ3) is 3.28. The maximum atomic E-state index is 12.7. The van der Waals surface area contributed by atoms with Crippen molar-refractivity contribution in [3.8, 4) is 5.75 Å². The predicted octanol–water partition coefficient (Wildman–Crippen LogP) is 2.40. The van der Waals surface area contributed by atoms with Gasteiger partial charge in [-0.15, -0.1) is 0 Å². The maximum Gasteiger partial charge on any atom is 0.240 e. The fourth-order valence-electron chi connectivity index (χ4n) is 3.51. The molecule has 1 aromatic carbocycles. The Morgan fingerprint density at radius 2 is 2.24 bits per heavy atom. The van der Waals surface area contributed by atoms with Crippen molar-refractivity contribution in [1.82, 2.24) is 14.3 Å². The number of hydrogen-bond donors (Lipinski definition) is 1. The Bertz CT molecular complexity index is 910. The molecular weight excluding hydrogens is 362 g/mol. The summed E-state index contributed by atoms with van der Waals surface area (Å²) in [5, 5.41) is 0.349. The van der Waals surface area contributed by atoms with Gasteiger partial charge in [0.15, 0.2) is 0 Å². The second-order valence-electron chi connectivity index (χ2n) is 6.77. The summed E-state index contributed by atoms with van der Waals surface area (Å²) in [5.74, 6) is 1.87.